The molecule has 0 radical (unpaired) electrons. The average molecular weight is 672 g/mol. The number of carbonyl (C=O) groups is 1. The van der Waals surface area contributed by atoms with Crippen LogP contribution in [-0.4, -0.2) is 30.4 Å². The summed E-state index contributed by atoms with van der Waals surface area (Å²) in [4.78, 5) is 16.9. The molecule has 0 unspecified atom stereocenters. The second-order valence-corrected chi connectivity index (χ2v) is 13.6. The number of rotatable bonds is 10. The van der Waals surface area contributed by atoms with Gasteiger partial charge >= 0.3 is 10.2 Å². The molecule has 10 heteroatoms. The Morgan fingerprint density at radius 3 is 2.30 bits per heavy atom. The van der Waals surface area contributed by atoms with Crippen molar-refractivity contribution in [3.05, 3.63) is 130 Å². The Labute approximate surface area is 279 Å². The van der Waals surface area contributed by atoms with E-state index in [1.165, 1.54) is 18.4 Å². The van der Waals surface area contributed by atoms with Crippen LogP contribution in [0.25, 0.3) is 34.1 Å². The van der Waals surface area contributed by atoms with Gasteiger partial charge in [-0.05, 0) is 65.1 Å². The Kier molecular flexibility index (Phi) is 9.31. The van der Waals surface area contributed by atoms with Crippen LogP contribution in [0.2, 0.25) is 10.0 Å². The summed E-state index contributed by atoms with van der Waals surface area (Å²) in [7, 11) is -3.95. The van der Waals surface area contributed by atoms with Crippen LogP contribution in [0.1, 0.15) is 43.1 Å². The van der Waals surface area contributed by atoms with Gasteiger partial charge in [0.1, 0.15) is 12.4 Å². The fourth-order valence-corrected chi connectivity index (χ4v) is 7.04. The van der Waals surface area contributed by atoms with E-state index < -0.39 is 16.1 Å². The minimum atomic E-state index is -3.95. The molecule has 1 fully saturated rings. The molecule has 4 aromatic carbocycles. The molecule has 2 heterocycles. The largest absolute Gasteiger partial charge is 0.326 e. The van der Waals surface area contributed by atoms with Gasteiger partial charge in [-0.1, -0.05) is 110 Å². The number of carbonyl (C=O) groups excluding carboxylic acids is 1. The van der Waals surface area contributed by atoms with E-state index in [0.717, 1.165) is 38.8 Å². The first-order valence-electron chi connectivity index (χ1n) is 15.0. The van der Waals surface area contributed by atoms with E-state index in [1.54, 1.807) is 30.3 Å². The average Bonchev–Trinajstić information content (AvgIpc) is 3.58. The van der Waals surface area contributed by atoms with E-state index in [0.29, 0.717) is 33.5 Å². The van der Waals surface area contributed by atoms with Crippen molar-refractivity contribution in [2.75, 3.05) is 10.8 Å². The van der Waals surface area contributed by atoms with Gasteiger partial charge < -0.3 is 4.57 Å². The number of anilines is 1. The lowest BCUT2D eigenvalue weighted by Crippen LogP contribution is -2.29. The molecule has 1 aliphatic heterocycles. The van der Waals surface area contributed by atoms with Crippen LogP contribution in [0.4, 0.5) is 5.69 Å². The van der Waals surface area contributed by atoms with Gasteiger partial charge in [0.25, 0.3) is 5.91 Å². The molecule has 7 nitrogen and oxygen atoms in total. The zero-order chi connectivity index (χ0) is 32.3. The summed E-state index contributed by atoms with van der Waals surface area (Å²) in [5, 5.41) is 0.992. The number of aromatic nitrogens is 2. The number of imidazole rings is 1. The van der Waals surface area contributed by atoms with Gasteiger partial charge in [-0.3, -0.25) is 4.79 Å². The van der Waals surface area contributed by atoms with Gasteiger partial charge in [0.05, 0.1) is 16.4 Å². The Hall–Kier alpha value is -4.37. The van der Waals surface area contributed by atoms with Crippen molar-refractivity contribution in [3.63, 3.8) is 0 Å². The minimum absolute atomic E-state index is 0.279. The third kappa shape index (κ3) is 7.04. The highest BCUT2D eigenvalue weighted by atomic mass is 35.5. The number of unbranched alkanes of at least 4 members (excludes halogenated alkanes) is 2. The standard InChI is InChI=1S/C36H32Cl2N4O3S/c1-2-3-4-5-7-25-10-14-27(15-11-25)28-16-12-26(13-17-28)20-35-39-34(32-19-18-29(37)21-33(32)38)23-41(35)30-8-6-9-31(22-30)42-24-36(43)40-46(42,44)45/h5-19,21-23H,2-4,20,24H2,1H3,(H,40,43)/b7-5+. The fourth-order valence-electron chi connectivity index (χ4n) is 5.39. The van der Waals surface area contributed by atoms with Gasteiger partial charge in [0.2, 0.25) is 0 Å². The number of hydrogen-bond acceptors (Lipinski definition) is 4. The normalized spacial score (nSPS) is 14.2. The van der Waals surface area contributed by atoms with Crippen LogP contribution in [0.5, 0.6) is 0 Å². The topological polar surface area (TPSA) is 84.3 Å². The first-order valence-corrected chi connectivity index (χ1v) is 17.2. The van der Waals surface area contributed by atoms with Crippen LogP contribution in [0.15, 0.2) is 103 Å². The number of allylic oxidation sites excluding steroid dienone is 1. The molecule has 0 spiro atoms. The van der Waals surface area contributed by atoms with Crippen molar-refractivity contribution in [2.45, 2.75) is 32.6 Å². The van der Waals surface area contributed by atoms with Crippen LogP contribution in [0, 0.1) is 0 Å². The Balaban J connectivity index is 1.31. The summed E-state index contributed by atoms with van der Waals surface area (Å²) < 4.78 is 30.1. The quantitative estimate of drug-likeness (QED) is 0.151. The zero-order valence-corrected chi connectivity index (χ0v) is 27.5. The lowest BCUT2D eigenvalue weighted by Gasteiger charge is -2.16. The summed E-state index contributed by atoms with van der Waals surface area (Å²) in [6, 6.07) is 29.2. The monoisotopic (exact) mass is 670 g/mol. The molecule has 6 rings (SSSR count). The Morgan fingerprint density at radius 2 is 1.63 bits per heavy atom. The summed E-state index contributed by atoms with van der Waals surface area (Å²) in [5.74, 6) is 0.149. The third-order valence-corrected chi connectivity index (χ3v) is 9.75. The maximum atomic E-state index is 12.5. The molecule has 0 bridgehead atoms. The molecular formula is C36H32Cl2N4O3S. The van der Waals surface area contributed by atoms with E-state index in [2.05, 4.69) is 67.6 Å². The molecule has 0 saturated carbocycles. The van der Waals surface area contributed by atoms with Crippen LogP contribution >= 0.6 is 23.2 Å². The van der Waals surface area contributed by atoms with Crippen molar-refractivity contribution in [1.82, 2.24) is 14.3 Å². The SMILES string of the molecule is CCCC/C=C/c1ccc(-c2ccc(Cc3nc(-c4ccc(Cl)cc4Cl)cn3-c3cccc(N4CC(=O)NS4(=O)=O)c3)cc2)cc1. The first-order chi connectivity index (χ1) is 22.2. The highest BCUT2D eigenvalue weighted by Crippen LogP contribution is 2.32. The molecule has 0 atom stereocenters. The zero-order valence-electron chi connectivity index (χ0n) is 25.2. The molecule has 1 N–H and O–H groups in total. The Morgan fingerprint density at radius 1 is 0.913 bits per heavy atom. The number of nitrogens with zero attached hydrogens (tertiary/aromatic N) is 3. The van der Waals surface area contributed by atoms with Gasteiger partial charge in [-0.15, -0.1) is 0 Å². The minimum Gasteiger partial charge on any atom is -0.303 e. The molecule has 234 valence electrons. The van der Waals surface area contributed by atoms with Gasteiger partial charge in [0.15, 0.2) is 0 Å². The van der Waals surface area contributed by atoms with Crippen molar-refractivity contribution in [3.8, 4) is 28.1 Å². The fraction of sp³-hybridized carbons (Fsp3) is 0.167. The Bertz CT molecular complexity index is 2020. The summed E-state index contributed by atoms with van der Waals surface area (Å²) in [6.45, 7) is 1.92. The highest BCUT2D eigenvalue weighted by molar-refractivity contribution is 7.92. The number of hydrogen-bond donors (Lipinski definition) is 1. The maximum Gasteiger partial charge on any atom is 0.326 e. The van der Waals surface area contributed by atoms with Crippen LogP contribution in [-0.2, 0) is 21.4 Å². The van der Waals surface area contributed by atoms with Crippen LogP contribution < -0.4 is 9.03 Å². The van der Waals surface area contributed by atoms with Gasteiger partial charge in [-0.2, -0.15) is 8.42 Å². The first kappa shape index (κ1) is 31.6. The molecule has 1 saturated heterocycles. The lowest BCUT2D eigenvalue weighted by molar-refractivity contribution is -0.117. The lowest BCUT2D eigenvalue weighted by atomic mass is 10.0. The number of nitrogens with one attached hydrogen (secondary N) is 1. The van der Waals surface area contributed by atoms with Gasteiger partial charge in [-0.25, -0.2) is 14.0 Å². The van der Waals surface area contributed by atoms with E-state index in [9.17, 15) is 13.2 Å². The van der Waals surface area contributed by atoms with Gasteiger partial charge in [0, 0.05) is 28.9 Å². The molecular weight excluding hydrogens is 639 g/mol. The van der Waals surface area contributed by atoms with E-state index >= 15 is 0 Å². The predicted octanol–water partition coefficient (Wildman–Crippen LogP) is 8.49. The number of benzene rings is 4. The second kappa shape index (κ2) is 13.5. The van der Waals surface area contributed by atoms with Crippen molar-refractivity contribution >= 4 is 51.1 Å². The molecule has 1 amide bonds. The predicted molar refractivity (Wildman–Crippen MR) is 187 cm³/mol. The number of amides is 1. The van der Waals surface area contributed by atoms with Crippen LogP contribution in [0.3, 0.4) is 0 Å². The third-order valence-electron chi connectivity index (χ3n) is 7.80. The van der Waals surface area contributed by atoms with Crippen molar-refractivity contribution in [2.24, 2.45) is 0 Å². The molecule has 1 aromatic heterocycles. The summed E-state index contributed by atoms with van der Waals surface area (Å²) in [6.07, 6.45) is 10.3. The second-order valence-electron chi connectivity index (χ2n) is 11.1. The molecule has 5 aromatic rings. The van der Waals surface area contributed by atoms with Crippen molar-refractivity contribution < 1.29 is 13.2 Å². The molecule has 1 aliphatic rings. The molecule has 0 aliphatic carbocycles. The summed E-state index contributed by atoms with van der Waals surface area (Å²) in [5.41, 5.74) is 6.91. The van der Waals surface area contributed by atoms with Crippen molar-refractivity contribution in [1.29, 1.82) is 0 Å². The number of halogens is 2. The summed E-state index contributed by atoms with van der Waals surface area (Å²) >= 11 is 12.7. The van der Waals surface area contributed by atoms with E-state index in [4.69, 9.17) is 28.2 Å². The smallest absolute Gasteiger partial charge is 0.303 e. The molecule has 46 heavy (non-hydrogen) atoms. The maximum absolute atomic E-state index is 12.5. The van der Waals surface area contributed by atoms with E-state index in [1.807, 2.05) is 27.6 Å². The van der Waals surface area contributed by atoms with E-state index in [-0.39, 0.29) is 6.54 Å². The highest BCUT2D eigenvalue weighted by Gasteiger charge is 2.34.